The molecule has 0 spiro atoms. The van der Waals surface area contributed by atoms with Crippen LogP contribution in [0.3, 0.4) is 0 Å². The number of hydrogen-bond acceptors (Lipinski definition) is 9. The number of carbonyl (C=O) groups excluding carboxylic acids is 2. The number of ether oxygens (including phenoxy) is 1. The molecular formula is C17H16N6O4. The molecule has 5 N–H and O–H groups in total. The molecule has 10 heteroatoms. The summed E-state index contributed by atoms with van der Waals surface area (Å²) in [6, 6.07) is 9.84. The average molecular weight is 368 g/mol. The Kier molecular flexibility index (Phi) is 5.17. The van der Waals surface area contributed by atoms with Gasteiger partial charge in [-0.1, -0.05) is 12.1 Å². The zero-order chi connectivity index (χ0) is 19.2. The van der Waals surface area contributed by atoms with Crippen molar-refractivity contribution in [2.75, 3.05) is 23.6 Å². The van der Waals surface area contributed by atoms with Gasteiger partial charge in [-0.05, 0) is 24.3 Å². The summed E-state index contributed by atoms with van der Waals surface area (Å²) in [6.07, 6.45) is 2.63. The number of nitrogen functional groups attached to an aromatic ring is 1. The largest absolute Gasteiger partial charge is 0.465 e. The zero-order valence-corrected chi connectivity index (χ0v) is 14.2. The first-order valence-corrected chi connectivity index (χ1v) is 7.75. The highest BCUT2D eigenvalue weighted by molar-refractivity contribution is 5.97. The summed E-state index contributed by atoms with van der Waals surface area (Å²) >= 11 is 0. The molecule has 0 saturated heterocycles. The van der Waals surface area contributed by atoms with Crippen LogP contribution in [0, 0.1) is 0 Å². The van der Waals surface area contributed by atoms with Crippen molar-refractivity contribution in [1.29, 1.82) is 0 Å². The van der Waals surface area contributed by atoms with Crippen LogP contribution in [0.1, 0.15) is 20.9 Å². The lowest BCUT2D eigenvalue weighted by Crippen LogP contribution is -2.30. The molecule has 0 aliphatic carbocycles. The summed E-state index contributed by atoms with van der Waals surface area (Å²) < 4.78 is 9.75. The van der Waals surface area contributed by atoms with E-state index in [-0.39, 0.29) is 23.1 Å². The highest BCUT2D eigenvalue weighted by atomic mass is 16.5. The van der Waals surface area contributed by atoms with Gasteiger partial charge in [-0.25, -0.2) is 14.8 Å². The van der Waals surface area contributed by atoms with Crippen LogP contribution >= 0.6 is 0 Å². The summed E-state index contributed by atoms with van der Waals surface area (Å²) in [7, 11) is 1.29. The number of benzene rings is 1. The van der Waals surface area contributed by atoms with Gasteiger partial charge >= 0.3 is 11.9 Å². The maximum absolute atomic E-state index is 11.9. The Morgan fingerprint density at radius 1 is 1.11 bits per heavy atom. The van der Waals surface area contributed by atoms with Crippen LogP contribution in [0.5, 0.6) is 0 Å². The number of esters is 1. The van der Waals surface area contributed by atoms with Gasteiger partial charge in [0, 0.05) is 0 Å². The van der Waals surface area contributed by atoms with Crippen LogP contribution in [0.25, 0.3) is 0 Å². The Morgan fingerprint density at radius 2 is 1.89 bits per heavy atom. The molecule has 2 aromatic heterocycles. The van der Waals surface area contributed by atoms with Gasteiger partial charge in [0.15, 0.2) is 17.4 Å². The van der Waals surface area contributed by atoms with Gasteiger partial charge in [0.2, 0.25) is 0 Å². The number of rotatable bonds is 6. The van der Waals surface area contributed by atoms with Crippen LogP contribution in [-0.4, -0.2) is 29.0 Å². The Hall–Kier alpha value is -4.08. The van der Waals surface area contributed by atoms with Gasteiger partial charge in [0.25, 0.3) is 0 Å². The van der Waals surface area contributed by atoms with Crippen LogP contribution in [-0.2, 0) is 4.74 Å². The molecule has 1 amide bonds. The van der Waals surface area contributed by atoms with Crippen molar-refractivity contribution in [3.05, 3.63) is 60.3 Å². The van der Waals surface area contributed by atoms with Crippen molar-refractivity contribution in [3.8, 4) is 0 Å². The molecule has 0 bridgehead atoms. The number of carbonyl (C=O) groups is 2. The highest BCUT2D eigenvalue weighted by Gasteiger charge is 2.15. The fourth-order valence-corrected chi connectivity index (χ4v) is 2.19. The summed E-state index contributed by atoms with van der Waals surface area (Å²) in [5, 5.41) is 2.96. The molecule has 0 unspecified atom stereocenters. The average Bonchev–Trinajstić information content (AvgIpc) is 3.23. The van der Waals surface area contributed by atoms with Gasteiger partial charge in [-0.2, -0.15) is 0 Å². The Morgan fingerprint density at radius 3 is 2.63 bits per heavy atom. The second kappa shape index (κ2) is 7.87. The number of methoxy groups -OCH3 is 1. The standard InChI is InChI=1S/C17H16N6O4/c1-26-17(25)10-5-2-3-6-11(10)21-14-13(18)15(20-9-19-14)22-23-16(24)12-7-4-8-27-12/h2-9H,18H2,1H3,(H,23,24)(H2,19,20,21,22). The minimum atomic E-state index is -0.505. The second-order valence-corrected chi connectivity index (χ2v) is 5.20. The number of amides is 1. The second-order valence-electron chi connectivity index (χ2n) is 5.20. The van der Waals surface area contributed by atoms with Crippen molar-refractivity contribution in [3.63, 3.8) is 0 Å². The fraction of sp³-hybridized carbons (Fsp3) is 0.0588. The van der Waals surface area contributed by atoms with Crippen molar-refractivity contribution < 1.29 is 18.7 Å². The summed E-state index contributed by atoms with van der Waals surface area (Å²) in [6.45, 7) is 0. The maximum Gasteiger partial charge on any atom is 0.339 e. The molecule has 0 fully saturated rings. The number of nitrogens with zero attached hydrogens (tertiary/aromatic N) is 2. The molecule has 27 heavy (non-hydrogen) atoms. The quantitative estimate of drug-likeness (QED) is 0.379. The molecule has 10 nitrogen and oxygen atoms in total. The monoisotopic (exact) mass is 368 g/mol. The van der Waals surface area contributed by atoms with E-state index in [1.165, 1.54) is 25.8 Å². The van der Waals surface area contributed by atoms with Gasteiger partial charge in [-0.15, -0.1) is 0 Å². The van der Waals surface area contributed by atoms with Crippen molar-refractivity contribution in [2.24, 2.45) is 0 Å². The van der Waals surface area contributed by atoms with E-state index in [1.54, 1.807) is 30.3 Å². The van der Waals surface area contributed by atoms with Gasteiger partial charge in [0.05, 0.1) is 24.6 Å². The third kappa shape index (κ3) is 3.95. The summed E-state index contributed by atoms with van der Waals surface area (Å²) in [5.74, 6) is -0.460. The number of para-hydroxylation sites is 1. The van der Waals surface area contributed by atoms with Crippen molar-refractivity contribution in [1.82, 2.24) is 15.4 Å². The van der Waals surface area contributed by atoms with Crippen LogP contribution < -0.4 is 21.9 Å². The lowest BCUT2D eigenvalue weighted by Gasteiger charge is -2.14. The predicted molar refractivity (Wildman–Crippen MR) is 97.3 cm³/mol. The van der Waals surface area contributed by atoms with Crippen LogP contribution in [0.2, 0.25) is 0 Å². The first kappa shape index (κ1) is 17.7. The fourth-order valence-electron chi connectivity index (χ4n) is 2.19. The number of aromatic nitrogens is 2. The molecule has 0 radical (unpaired) electrons. The number of nitrogens with two attached hydrogens (primary N) is 1. The molecule has 0 aliphatic heterocycles. The van der Waals surface area contributed by atoms with E-state index in [9.17, 15) is 9.59 Å². The van der Waals surface area contributed by atoms with Gasteiger partial charge in [-0.3, -0.25) is 15.6 Å². The van der Waals surface area contributed by atoms with E-state index in [1.807, 2.05) is 0 Å². The Labute approximate surface area is 153 Å². The van der Waals surface area contributed by atoms with Crippen LogP contribution in [0.15, 0.2) is 53.4 Å². The molecule has 3 rings (SSSR count). The minimum absolute atomic E-state index is 0.125. The van der Waals surface area contributed by atoms with E-state index in [0.717, 1.165) is 0 Å². The van der Waals surface area contributed by atoms with E-state index < -0.39 is 11.9 Å². The minimum Gasteiger partial charge on any atom is -0.465 e. The van der Waals surface area contributed by atoms with E-state index in [0.29, 0.717) is 11.3 Å². The van der Waals surface area contributed by atoms with E-state index in [4.69, 9.17) is 14.9 Å². The lowest BCUT2D eigenvalue weighted by atomic mass is 10.2. The maximum atomic E-state index is 11.9. The summed E-state index contributed by atoms with van der Waals surface area (Å²) in [4.78, 5) is 31.8. The highest BCUT2D eigenvalue weighted by Crippen LogP contribution is 2.27. The molecule has 3 aromatic rings. The number of hydrazine groups is 1. The smallest absolute Gasteiger partial charge is 0.339 e. The first-order valence-electron chi connectivity index (χ1n) is 7.75. The normalized spacial score (nSPS) is 10.1. The molecular weight excluding hydrogens is 352 g/mol. The number of anilines is 4. The first-order chi connectivity index (χ1) is 13.1. The molecule has 138 valence electrons. The number of nitrogens with one attached hydrogen (secondary N) is 3. The zero-order valence-electron chi connectivity index (χ0n) is 14.2. The number of furan rings is 1. The SMILES string of the molecule is COC(=O)c1ccccc1Nc1ncnc(NNC(=O)c2ccco2)c1N. The van der Waals surface area contributed by atoms with Crippen molar-refractivity contribution in [2.45, 2.75) is 0 Å². The summed E-state index contributed by atoms with van der Waals surface area (Å²) in [5.41, 5.74) is 12.0. The van der Waals surface area contributed by atoms with E-state index in [2.05, 4.69) is 26.1 Å². The molecule has 1 aromatic carbocycles. The predicted octanol–water partition coefficient (Wildman–Crippen LogP) is 1.94. The van der Waals surface area contributed by atoms with Gasteiger partial charge in [0.1, 0.15) is 12.0 Å². The topological polar surface area (TPSA) is 144 Å². The molecule has 0 saturated carbocycles. The van der Waals surface area contributed by atoms with Crippen LogP contribution in [0.4, 0.5) is 23.0 Å². The Balaban J connectivity index is 1.78. The number of hydrogen-bond donors (Lipinski definition) is 4. The van der Waals surface area contributed by atoms with Crippen molar-refractivity contribution >= 4 is 34.9 Å². The third-order valence-corrected chi connectivity index (χ3v) is 3.51. The molecule has 0 aliphatic rings. The van der Waals surface area contributed by atoms with Gasteiger partial charge < -0.3 is 20.2 Å². The molecule has 2 heterocycles. The third-order valence-electron chi connectivity index (χ3n) is 3.51. The molecule has 0 atom stereocenters. The lowest BCUT2D eigenvalue weighted by molar-refractivity contribution is 0.0601. The Bertz CT molecular complexity index is 958. The van der Waals surface area contributed by atoms with E-state index >= 15 is 0 Å².